The smallest absolute Gasteiger partial charge is 0.422 e. The summed E-state index contributed by atoms with van der Waals surface area (Å²) < 4.78 is 78.2. The van der Waals surface area contributed by atoms with Crippen molar-refractivity contribution >= 4 is 16.9 Å². The van der Waals surface area contributed by atoms with Crippen LogP contribution < -0.4 is 16.1 Å². The maximum Gasteiger partial charge on any atom is 0.422 e. The lowest BCUT2D eigenvalue weighted by atomic mass is 10.1. The van der Waals surface area contributed by atoms with E-state index in [1.165, 1.54) is 7.05 Å². The Morgan fingerprint density at radius 2 is 1.59 bits per heavy atom. The molecule has 29 heavy (non-hydrogen) atoms. The molecule has 0 fully saturated rings. The number of aromatic nitrogens is 1. The normalized spacial score (nSPS) is 12.2. The fourth-order valence-electron chi connectivity index (χ4n) is 2.56. The molecule has 1 heterocycles. The predicted molar refractivity (Wildman–Crippen MR) is 85.0 cm³/mol. The van der Waals surface area contributed by atoms with E-state index >= 15 is 0 Å². The third kappa shape index (κ3) is 3.22. The third-order valence-corrected chi connectivity index (χ3v) is 3.99. The lowest BCUT2D eigenvalue weighted by Crippen LogP contribution is -2.24. The van der Waals surface area contributed by atoms with Crippen molar-refractivity contribution in [1.29, 1.82) is 0 Å². The molecule has 3 rings (SSSR count). The molecule has 0 aliphatic rings. The number of rotatable bonds is 4. The van der Waals surface area contributed by atoms with Gasteiger partial charge in [0.2, 0.25) is 11.9 Å². The first-order chi connectivity index (χ1) is 13.5. The molecule has 0 aliphatic carbocycles. The van der Waals surface area contributed by atoms with E-state index < -0.39 is 63.9 Å². The second-order valence-corrected chi connectivity index (χ2v) is 5.71. The topological polar surface area (TPSA) is 98.7 Å². The minimum Gasteiger partial charge on any atom is -0.478 e. The molecule has 1 atom stereocenters. The van der Waals surface area contributed by atoms with Gasteiger partial charge in [-0.3, -0.25) is 4.57 Å². The van der Waals surface area contributed by atoms with Crippen LogP contribution in [0.3, 0.4) is 0 Å². The SMILES string of the molecule is Cn1c(=O)oc(=O)c2ccc(OC(C(=O)O)c3c(F)c(F)c(F)c(F)c3F)cc21. The summed E-state index contributed by atoms with van der Waals surface area (Å²) in [6, 6.07) is 3.02. The summed E-state index contributed by atoms with van der Waals surface area (Å²) in [7, 11) is 1.20. The third-order valence-electron chi connectivity index (χ3n) is 3.99. The van der Waals surface area contributed by atoms with Crippen LogP contribution >= 0.6 is 0 Å². The summed E-state index contributed by atoms with van der Waals surface area (Å²) in [5, 5.41) is 9.12. The first-order valence-corrected chi connectivity index (χ1v) is 7.59. The first-order valence-electron chi connectivity index (χ1n) is 7.59. The van der Waals surface area contributed by atoms with E-state index in [4.69, 9.17) is 4.74 Å². The second kappa shape index (κ2) is 7.04. The molecule has 12 heteroatoms. The maximum atomic E-state index is 14.0. The summed E-state index contributed by atoms with van der Waals surface area (Å²) in [5.41, 5.74) is -2.81. The van der Waals surface area contributed by atoms with Crippen molar-refractivity contribution in [3.8, 4) is 5.75 Å². The molecule has 2 aromatic carbocycles. The quantitative estimate of drug-likeness (QED) is 0.398. The highest BCUT2D eigenvalue weighted by molar-refractivity contribution is 5.79. The number of carbonyl (C=O) groups is 1. The lowest BCUT2D eigenvalue weighted by Gasteiger charge is -2.18. The van der Waals surface area contributed by atoms with Gasteiger partial charge in [0.05, 0.1) is 16.5 Å². The van der Waals surface area contributed by atoms with Crippen LogP contribution in [-0.4, -0.2) is 15.6 Å². The van der Waals surface area contributed by atoms with E-state index in [1.54, 1.807) is 0 Å². The molecule has 0 spiro atoms. The molecule has 1 unspecified atom stereocenters. The summed E-state index contributed by atoms with van der Waals surface area (Å²) in [6.45, 7) is 0. The van der Waals surface area contributed by atoms with Crippen LogP contribution in [0, 0.1) is 29.1 Å². The Morgan fingerprint density at radius 1 is 1.03 bits per heavy atom. The molecule has 3 aromatic rings. The standard InChI is InChI=1S/C17H8F5NO6/c1-23-7-4-5(2-3-6(7)16(26)29-17(23)27)28-14(15(24)25)8-9(18)11(20)13(22)12(21)10(8)19/h2-4,14H,1H3,(H,24,25). The van der Waals surface area contributed by atoms with Gasteiger partial charge in [-0.2, -0.15) is 0 Å². The van der Waals surface area contributed by atoms with Crippen LogP contribution in [0.5, 0.6) is 5.75 Å². The van der Waals surface area contributed by atoms with Crippen molar-refractivity contribution in [3.63, 3.8) is 0 Å². The van der Waals surface area contributed by atoms with Crippen LogP contribution in [0.4, 0.5) is 22.0 Å². The van der Waals surface area contributed by atoms with Crippen molar-refractivity contribution in [2.45, 2.75) is 6.10 Å². The molecule has 1 aromatic heterocycles. The van der Waals surface area contributed by atoms with Gasteiger partial charge in [0.15, 0.2) is 23.3 Å². The zero-order chi connectivity index (χ0) is 21.6. The van der Waals surface area contributed by atoms with Crippen LogP contribution in [0.25, 0.3) is 10.9 Å². The molecule has 0 bridgehead atoms. The highest BCUT2D eigenvalue weighted by Gasteiger charge is 2.35. The van der Waals surface area contributed by atoms with Gasteiger partial charge >= 0.3 is 17.4 Å². The van der Waals surface area contributed by atoms with E-state index in [-0.39, 0.29) is 10.9 Å². The minimum absolute atomic E-state index is 0.0923. The number of hydrogen-bond donors (Lipinski definition) is 1. The predicted octanol–water partition coefficient (Wildman–Crippen LogP) is 2.39. The van der Waals surface area contributed by atoms with E-state index in [0.717, 1.165) is 22.8 Å². The Labute approximate surface area is 156 Å². The first kappa shape index (κ1) is 20.0. The number of nitrogens with zero attached hydrogens (tertiary/aromatic N) is 1. The van der Waals surface area contributed by atoms with E-state index in [1.807, 2.05) is 0 Å². The average molecular weight is 417 g/mol. The highest BCUT2D eigenvalue weighted by Crippen LogP contribution is 2.31. The maximum absolute atomic E-state index is 14.0. The minimum atomic E-state index is -2.63. The molecule has 152 valence electrons. The van der Waals surface area contributed by atoms with Crippen LogP contribution in [0.1, 0.15) is 11.7 Å². The Bertz CT molecular complexity index is 1250. The van der Waals surface area contributed by atoms with Crippen molar-refractivity contribution in [2.75, 3.05) is 0 Å². The summed E-state index contributed by atoms with van der Waals surface area (Å²) in [4.78, 5) is 34.7. The molecule has 0 radical (unpaired) electrons. The number of aliphatic carboxylic acids is 1. The Morgan fingerprint density at radius 3 is 2.14 bits per heavy atom. The number of hydrogen-bond acceptors (Lipinski definition) is 5. The number of halogens is 5. The fourth-order valence-corrected chi connectivity index (χ4v) is 2.56. The van der Waals surface area contributed by atoms with Crippen molar-refractivity contribution in [3.05, 3.63) is 73.8 Å². The average Bonchev–Trinajstić information content (AvgIpc) is 2.68. The van der Waals surface area contributed by atoms with Crippen molar-refractivity contribution in [1.82, 2.24) is 4.57 Å². The molecule has 1 N–H and O–H groups in total. The summed E-state index contributed by atoms with van der Waals surface area (Å²) in [6.07, 6.45) is -2.63. The van der Waals surface area contributed by atoms with E-state index in [9.17, 15) is 41.4 Å². The largest absolute Gasteiger partial charge is 0.478 e. The molecule has 7 nitrogen and oxygen atoms in total. The number of ether oxygens (including phenoxy) is 1. The van der Waals surface area contributed by atoms with Crippen molar-refractivity contribution in [2.24, 2.45) is 7.05 Å². The zero-order valence-electron chi connectivity index (χ0n) is 14.1. The van der Waals surface area contributed by atoms with E-state index in [2.05, 4.69) is 4.42 Å². The highest BCUT2D eigenvalue weighted by atomic mass is 19.2. The number of carboxylic acid groups (broad SMARTS) is 1. The molecular weight excluding hydrogens is 409 g/mol. The second-order valence-electron chi connectivity index (χ2n) is 5.71. The number of aryl methyl sites for hydroxylation is 1. The Hall–Kier alpha value is -3.70. The summed E-state index contributed by atoms with van der Waals surface area (Å²) >= 11 is 0. The van der Waals surface area contributed by atoms with Gasteiger partial charge in [-0.15, -0.1) is 0 Å². The van der Waals surface area contributed by atoms with Crippen LogP contribution in [-0.2, 0) is 11.8 Å². The van der Waals surface area contributed by atoms with Gasteiger partial charge in [0, 0.05) is 13.1 Å². The van der Waals surface area contributed by atoms with Gasteiger partial charge in [-0.1, -0.05) is 0 Å². The van der Waals surface area contributed by atoms with Gasteiger partial charge in [0.25, 0.3) is 0 Å². The summed E-state index contributed by atoms with van der Waals surface area (Å²) in [5.74, 6) is -15.4. The zero-order valence-corrected chi connectivity index (χ0v) is 14.1. The molecule has 0 amide bonds. The Balaban J connectivity index is 2.17. The monoisotopic (exact) mass is 417 g/mol. The van der Waals surface area contributed by atoms with Crippen molar-refractivity contribution < 1.29 is 41.0 Å². The van der Waals surface area contributed by atoms with E-state index in [0.29, 0.717) is 0 Å². The van der Waals surface area contributed by atoms with Gasteiger partial charge in [-0.05, 0) is 12.1 Å². The number of fused-ring (bicyclic) bond motifs is 1. The molecule has 0 saturated carbocycles. The lowest BCUT2D eigenvalue weighted by molar-refractivity contribution is -0.145. The Kier molecular flexibility index (Phi) is 4.86. The molecule has 0 aliphatic heterocycles. The number of carboxylic acids is 1. The molecular formula is C17H8F5NO6. The molecule has 0 saturated heterocycles. The van der Waals surface area contributed by atoms with Crippen LogP contribution in [0.15, 0.2) is 32.2 Å². The van der Waals surface area contributed by atoms with Gasteiger partial charge in [0.1, 0.15) is 5.75 Å². The fraction of sp³-hybridized carbons (Fsp3) is 0.118. The van der Waals surface area contributed by atoms with Gasteiger partial charge < -0.3 is 14.3 Å². The number of benzene rings is 2. The van der Waals surface area contributed by atoms with Gasteiger partial charge in [-0.25, -0.2) is 36.3 Å². The van der Waals surface area contributed by atoms with Crippen LogP contribution in [0.2, 0.25) is 0 Å².